The number of aliphatic hydroxyl groups is 1. The Morgan fingerprint density at radius 1 is 1.05 bits per heavy atom. The van der Waals surface area contributed by atoms with Gasteiger partial charge in [-0.3, -0.25) is 4.79 Å². The number of carbonyl (C=O) groups is 1. The Balaban J connectivity index is 2.23. The number of azo groups is 1. The second-order valence-electron chi connectivity index (χ2n) is 3.86. The summed E-state index contributed by atoms with van der Waals surface area (Å²) in [4.78, 5) is 12.1. The second kappa shape index (κ2) is 6.63. The lowest BCUT2D eigenvalue weighted by Gasteiger charge is -1.99. The molecule has 2 aromatic carbocycles. The summed E-state index contributed by atoms with van der Waals surface area (Å²) in [5.74, 6) is -0.413. The number of rotatable bonds is 4. The SMILES string of the molecule is O=C(C(=CO)N=Nc1ccccc1Cl)c1ccccc1. The van der Waals surface area contributed by atoms with Crippen molar-refractivity contribution in [1.82, 2.24) is 0 Å². The zero-order chi connectivity index (χ0) is 14.4. The van der Waals surface area contributed by atoms with Crippen LogP contribution < -0.4 is 0 Å². The maximum Gasteiger partial charge on any atom is 0.216 e. The fourth-order valence-corrected chi connectivity index (χ4v) is 1.68. The summed E-state index contributed by atoms with van der Waals surface area (Å²) >= 11 is 5.93. The van der Waals surface area contributed by atoms with Crippen LogP contribution in [-0.4, -0.2) is 10.9 Å². The van der Waals surface area contributed by atoms with E-state index in [1.807, 2.05) is 0 Å². The van der Waals surface area contributed by atoms with Crippen molar-refractivity contribution in [3.05, 3.63) is 77.1 Å². The molecule has 0 radical (unpaired) electrons. The van der Waals surface area contributed by atoms with E-state index >= 15 is 0 Å². The number of carbonyl (C=O) groups excluding carboxylic acids is 1. The number of benzene rings is 2. The monoisotopic (exact) mass is 286 g/mol. The molecule has 5 heteroatoms. The molecule has 0 heterocycles. The van der Waals surface area contributed by atoms with Crippen molar-refractivity contribution < 1.29 is 9.90 Å². The fraction of sp³-hybridized carbons (Fsp3) is 0. The summed E-state index contributed by atoms with van der Waals surface area (Å²) in [5, 5.41) is 17.2. The lowest BCUT2D eigenvalue weighted by Crippen LogP contribution is -2.00. The molecule has 0 saturated heterocycles. The van der Waals surface area contributed by atoms with Crippen LogP contribution in [-0.2, 0) is 0 Å². The second-order valence-corrected chi connectivity index (χ2v) is 4.27. The third kappa shape index (κ3) is 3.30. The maximum atomic E-state index is 12.1. The van der Waals surface area contributed by atoms with Gasteiger partial charge in [-0.25, -0.2) is 0 Å². The first-order chi connectivity index (χ1) is 9.72. The van der Waals surface area contributed by atoms with Gasteiger partial charge >= 0.3 is 0 Å². The Morgan fingerprint density at radius 2 is 1.70 bits per heavy atom. The topological polar surface area (TPSA) is 62.0 Å². The van der Waals surface area contributed by atoms with E-state index in [4.69, 9.17) is 16.7 Å². The summed E-state index contributed by atoms with van der Waals surface area (Å²) in [5.41, 5.74) is 0.691. The summed E-state index contributed by atoms with van der Waals surface area (Å²) in [7, 11) is 0. The van der Waals surface area contributed by atoms with Crippen molar-refractivity contribution in [1.29, 1.82) is 0 Å². The van der Waals surface area contributed by atoms with Gasteiger partial charge in [-0.1, -0.05) is 54.1 Å². The molecule has 4 nitrogen and oxygen atoms in total. The smallest absolute Gasteiger partial charge is 0.216 e. The molecule has 1 N–H and O–H groups in total. The van der Waals surface area contributed by atoms with E-state index in [0.717, 1.165) is 0 Å². The molecule has 2 rings (SSSR count). The van der Waals surface area contributed by atoms with Crippen LogP contribution in [0.25, 0.3) is 0 Å². The highest BCUT2D eigenvalue weighted by Gasteiger charge is 2.11. The first kappa shape index (κ1) is 14.0. The highest BCUT2D eigenvalue weighted by atomic mass is 35.5. The highest BCUT2D eigenvalue weighted by Crippen LogP contribution is 2.25. The first-order valence-corrected chi connectivity index (χ1v) is 6.20. The number of ketones is 1. The normalized spacial score (nSPS) is 11.8. The van der Waals surface area contributed by atoms with Crippen LogP contribution in [0.3, 0.4) is 0 Å². The molecule has 0 unspecified atom stereocenters. The average molecular weight is 287 g/mol. The molecule has 0 aliphatic heterocycles. The van der Waals surface area contributed by atoms with Crippen LogP contribution in [0, 0.1) is 0 Å². The van der Waals surface area contributed by atoms with Gasteiger partial charge in [0.15, 0.2) is 5.70 Å². The van der Waals surface area contributed by atoms with Gasteiger partial charge in [0.1, 0.15) is 11.9 Å². The van der Waals surface area contributed by atoms with E-state index in [2.05, 4.69) is 10.2 Å². The third-order valence-corrected chi connectivity index (χ3v) is 2.83. The van der Waals surface area contributed by atoms with Crippen LogP contribution >= 0.6 is 11.6 Å². The van der Waals surface area contributed by atoms with E-state index in [1.54, 1.807) is 54.6 Å². The molecular weight excluding hydrogens is 276 g/mol. The minimum absolute atomic E-state index is 0.156. The van der Waals surface area contributed by atoms with Crippen molar-refractivity contribution in [2.24, 2.45) is 10.2 Å². The Kier molecular flexibility index (Phi) is 4.63. The quantitative estimate of drug-likeness (QED) is 0.383. The molecule has 0 saturated carbocycles. The van der Waals surface area contributed by atoms with Crippen LogP contribution in [0.15, 0.2) is 76.8 Å². The van der Waals surface area contributed by atoms with Crippen molar-refractivity contribution in [3.63, 3.8) is 0 Å². The van der Waals surface area contributed by atoms with Gasteiger partial charge < -0.3 is 5.11 Å². The van der Waals surface area contributed by atoms with Gasteiger partial charge in [0.2, 0.25) is 5.78 Å². The number of hydrogen-bond donors (Lipinski definition) is 1. The summed E-state index contributed by atoms with van der Waals surface area (Å²) < 4.78 is 0. The van der Waals surface area contributed by atoms with Gasteiger partial charge in [-0.15, -0.1) is 10.2 Å². The summed E-state index contributed by atoms with van der Waals surface area (Å²) in [6.07, 6.45) is 0.635. The van der Waals surface area contributed by atoms with Crippen LogP contribution in [0.4, 0.5) is 5.69 Å². The van der Waals surface area contributed by atoms with Crippen LogP contribution in [0.1, 0.15) is 10.4 Å². The molecule has 0 aliphatic rings. The average Bonchev–Trinajstić information content (AvgIpc) is 2.50. The highest BCUT2D eigenvalue weighted by molar-refractivity contribution is 6.32. The Labute approximate surface area is 121 Å². The lowest BCUT2D eigenvalue weighted by molar-refractivity contribution is 0.102. The van der Waals surface area contributed by atoms with Gasteiger partial charge in [0.05, 0.1) is 5.02 Å². The molecule has 0 aromatic heterocycles. The molecule has 0 fully saturated rings. The third-order valence-electron chi connectivity index (χ3n) is 2.51. The van der Waals surface area contributed by atoms with E-state index < -0.39 is 5.78 Å². The number of aliphatic hydroxyl groups excluding tert-OH is 1. The molecule has 0 spiro atoms. The number of Topliss-reactive ketones (excluding diaryl/α,β-unsaturated/α-hetero) is 1. The number of nitrogens with zero attached hydrogens (tertiary/aromatic N) is 2. The molecule has 20 heavy (non-hydrogen) atoms. The predicted octanol–water partition coefficient (Wildman–Crippen LogP) is 4.71. The largest absolute Gasteiger partial charge is 0.513 e. The predicted molar refractivity (Wildman–Crippen MR) is 77.5 cm³/mol. The minimum atomic E-state index is -0.413. The lowest BCUT2D eigenvalue weighted by atomic mass is 10.1. The van der Waals surface area contributed by atoms with E-state index in [-0.39, 0.29) is 5.70 Å². The molecule has 100 valence electrons. The van der Waals surface area contributed by atoms with Crippen molar-refractivity contribution >= 4 is 23.1 Å². The van der Waals surface area contributed by atoms with E-state index in [1.165, 1.54) is 0 Å². The number of hydrogen-bond acceptors (Lipinski definition) is 4. The Morgan fingerprint density at radius 3 is 2.35 bits per heavy atom. The Bertz CT molecular complexity index is 667. The molecule has 0 atom stereocenters. The van der Waals surface area contributed by atoms with Crippen molar-refractivity contribution in [2.45, 2.75) is 0 Å². The van der Waals surface area contributed by atoms with Crippen LogP contribution in [0.5, 0.6) is 0 Å². The maximum absolute atomic E-state index is 12.1. The van der Waals surface area contributed by atoms with Gasteiger partial charge in [0.25, 0.3) is 0 Å². The first-order valence-electron chi connectivity index (χ1n) is 5.83. The van der Waals surface area contributed by atoms with E-state index in [9.17, 15) is 4.79 Å². The number of halogens is 1. The molecular formula is C15H11ClN2O2. The van der Waals surface area contributed by atoms with Gasteiger partial charge in [-0.2, -0.15) is 0 Å². The van der Waals surface area contributed by atoms with Gasteiger partial charge in [-0.05, 0) is 12.1 Å². The zero-order valence-electron chi connectivity index (χ0n) is 10.4. The molecule has 2 aromatic rings. The van der Waals surface area contributed by atoms with Crippen molar-refractivity contribution in [3.8, 4) is 0 Å². The standard InChI is InChI=1S/C15H11ClN2O2/c16-12-8-4-5-9-13(12)17-18-14(10-19)15(20)11-6-2-1-3-7-11/h1-10,19H. The summed E-state index contributed by atoms with van der Waals surface area (Å²) in [6, 6.07) is 15.4. The molecule has 0 amide bonds. The molecule has 0 bridgehead atoms. The van der Waals surface area contributed by atoms with Crippen LogP contribution in [0.2, 0.25) is 5.02 Å². The minimum Gasteiger partial charge on any atom is -0.513 e. The zero-order valence-corrected chi connectivity index (χ0v) is 11.2. The molecule has 0 aliphatic carbocycles. The van der Waals surface area contributed by atoms with Crippen molar-refractivity contribution in [2.75, 3.05) is 0 Å². The summed E-state index contributed by atoms with van der Waals surface area (Å²) in [6.45, 7) is 0. The number of allylic oxidation sites excluding steroid dienone is 1. The van der Waals surface area contributed by atoms with E-state index in [0.29, 0.717) is 22.5 Å². The van der Waals surface area contributed by atoms with Gasteiger partial charge in [0, 0.05) is 5.56 Å². The fourth-order valence-electron chi connectivity index (χ4n) is 1.51. The Hall–Kier alpha value is -2.46.